The van der Waals surface area contributed by atoms with Crippen molar-refractivity contribution < 1.29 is 13.6 Å². The lowest BCUT2D eigenvalue weighted by molar-refractivity contribution is -0.145. The summed E-state index contributed by atoms with van der Waals surface area (Å²) in [7, 11) is 0. The van der Waals surface area contributed by atoms with Crippen LogP contribution >= 0.6 is 0 Å². The molecule has 9 nitrogen and oxygen atoms in total. The summed E-state index contributed by atoms with van der Waals surface area (Å²) in [5.74, 6) is 1.27. The van der Waals surface area contributed by atoms with Gasteiger partial charge in [0.1, 0.15) is 17.0 Å². The molecule has 188 valence electrons. The molecule has 1 saturated heterocycles. The van der Waals surface area contributed by atoms with Crippen molar-refractivity contribution in [3.8, 4) is 11.3 Å². The number of hydrogen-bond donors (Lipinski definition) is 2. The molecule has 0 unspecified atom stereocenters. The van der Waals surface area contributed by atoms with Crippen LogP contribution in [0.15, 0.2) is 24.5 Å². The van der Waals surface area contributed by atoms with Crippen LogP contribution in [0.25, 0.3) is 33.5 Å². The number of likely N-dealkylation sites (tertiary alicyclic amines) is 1. The molecular formula is C25H28F2N8O. The summed E-state index contributed by atoms with van der Waals surface area (Å²) in [6.45, 7) is 5.04. The van der Waals surface area contributed by atoms with Crippen LogP contribution in [-0.4, -0.2) is 65.9 Å². The maximum absolute atomic E-state index is 13.1. The van der Waals surface area contributed by atoms with E-state index in [0.29, 0.717) is 34.3 Å². The Bertz CT molecular complexity index is 1450. The molecule has 0 bridgehead atoms. The highest BCUT2D eigenvalue weighted by Gasteiger charge is 2.48. The van der Waals surface area contributed by atoms with Crippen molar-refractivity contribution in [3.63, 3.8) is 0 Å². The minimum Gasteiger partial charge on any atom is -0.351 e. The van der Waals surface area contributed by atoms with E-state index >= 15 is 0 Å². The Morgan fingerprint density at radius 3 is 2.75 bits per heavy atom. The Labute approximate surface area is 206 Å². The number of anilines is 1. The number of fused-ring (bicyclic) bond motifs is 2. The maximum Gasteiger partial charge on any atom is 0.256 e. The number of imidazole rings is 1. The molecule has 2 aliphatic rings. The fourth-order valence-corrected chi connectivity index (χ4v) is 5.60. The number of nitrogens with zero attached hydrogens (tertiary/aromatic N) is 6. The number of alkyl halides is 2. The van der Waals surface area contributed by atoms with Crippen molar-refractivity contribution in [3.05, 3.63) is 30.4 Å². The smallest absolute Gasteiger partial charge is 0.256 e. The number of H-pyrrole nitrogens is 1. The summed E-state index contributed by atoms with van der Waals surface area (Å²) in [4.78, 5) is 36.1. The summed E-state index contributed by atoms with van der Waals surface area (Å²) in [6.07, 6.45) is 4.75. The molecule has 1 aliphatic carbocycles. The highest BCUT2D eigenvalue weighted by molar-refractivity contribution is 5.93. The van der Waals surface area contributed by atoms with E-state index in [4.69, 9.17) is 0 Å². The van der Waals surface area contributed by atoms with Gasteiger partial charge in [0, 0.05) is 42.5 Å². The Hall–Kier alpha value is -3.63. The van der Waals surface area contributed by atoms with E-state index in [1.165, 1.54) is 4.57 Å². The lowest BCUT2D eigenvalue weighted by Crippen LogP contribution is -2.53. The van der Waals surface area contributed by atoms with Gasteiger partial charge >= 0.3 is 0 Å². The van der Waals surface area contributed by atoms with Gasteiger partial charge < -0.3 is 19.8 Å². The van der Waals surface area contributed by atoms with Crippen molar-refractivity contribution in [1.29, 1.82) is 0 Å². The number of carbonyl (C=O) groups is 1. The summed E-state index contributed by atoms with van der Waals surface area (Å²) >= 11 is 0. The number of rotatable bonds is 6. The first kappa shape index (κ1) is 22.8. The second-order valence-electron chi connectivity index (χ2n) is 10.2. The van der Waals surface area contributed by atoms with Gasteiger partial charge in [-0.2, -0.15) is 4.98 Å². The number of aromatic amines is 1. The van der Waals surface area contributed by atoms with Gasteiger partial charge in [-0.15, -0.1) is 0 Å². The highest BCUT2D eigenvalue weighted by atomic mass is 19.3. The first-order chi connectivity index (χ1) is 17.3. The van der Waals surface area contributed by atoms with E-state index < -0.39 is 13.0 Å². The first-order valence-electron chi connectivity index (χ1n) is 12.3. The lowest BCUT2D eigenvalue weighted by Gasteiger charge is -2.45. The van der Waals surface area contributed by atoms with Gasteiger partial charge in [-0.3, -0.25) is 4.79 Å². The van der Waals surface area contributed by atoms with E-state index in [1.807, 2.05) is 17.9 Å². The van der Waals surface area contributed by atoms with Crippen LogP contribution in [0.1, 0.15) is 38.4 Å². The van der Waals surface area contributed by atoms with Gasteiger partial charge in [0.15, 0.2) is 5.65 Å². The number of amides is 1. The van der Waals surface area contributed by atoms with Crippen molar-refractivity contribution in [2.24, 2.45) is 5.41 Å². The third-order valence-corrected chi connectivity index (χ3v) is 7.45. The minimum atomic E-state index is -2.49. The lowest BCUT2D eigenvalue weighted by atomic mass is 9.66. The molecule has 0 spiro atoms. The quantitative estimate of drug-likeness (QED) is 0.417. The van der Waals surface area contributed by atoms with E-state index in [1.54, 1.807) is 25.4 Å². The van der Waals surface area contributed by atoms with E-state index in [0.717, 1.165) is 49.7 Å². The third kappa shape index (κ3) is 3.86. The largest absolute Gasteiger partial charge is 0.351 e. The molecule has 2 N–H and O–H groups in total. The van der Waals surface area contributed by atoms with Gasteiger partial charge in [0.05, 0.1) is 17.7 Å². The molecule has 5 heterocycles. The summed E-state index contributed by atoms with van der Waals surface area (Å²) in [6, 6.07) is 3.76. The number of aromatic nitrogens is 6. The van der Waals surface area contributed by atoms with Crippen LogP contribution in [0.4, 0.5) is 14.7 Å². The molecule has 11 heteroatoms. The summed E-state index contributed by atoms with van der Waals surface area (Å²) in [5.41, 5.74) is 2.75. The summed E-state index contributed by atoms with van der Waals surface area (Å²) < 4.78 is 27.6. The average Bonchev–Trinajstić information content (AvgIpc) is 3.56. The fraction of sp³-hybridized carbons (Fsp3) is 0.480. The zero-order valence-electron chi connectivity index (χ0n) is 20.3. The number of aryl methyl sites for hydroxylation is 1. The molecule has 4 aromatic heterocycles. The van der Waals surface area contributed by atoms with Crippen LogP contribution in [0, 0.1) is 12.3 Å². The van der Waals surface area contributed by atoms with Gasteiger partial charge in [-0.05, 0) is 44.7 Å². The van der Waals surface area contributed by atoms with Crippen LogP contribution < -0.4 is 5.32 Å². The maximum atomic E-state index is 13.1. The average molecular weight is 495 g/mol. The predicted octanol–water partition coefficient (Wildman–Crippen LogP) is 4.15. The van der Waals surface area contributed by atoms with E-state index in [9.17, 15) is 13.6 Å². The molecule has 1 aliphatic heterocycles. The number of halogens is 2. The molecule has 0 atom stereocenters. The second-order valence-corrected chi connectivity index (χ2v) is 10.2. The van der Waals surface area contributed by atoms with Crippen molar-refractivity contribution in [2.45, 2.75) is 58.5 Å². The molecular weight excluding hydrogens is 466 g/mol. The van der Waals surface area contributed by atoms with Crippen molar-refractivity contribution in [2.75, 3.05) is 18.4 Å². The summed E-state index contributed by atoms with van der Waals surface area (Å²) in [5, 5.41) is 4.15. The number of pyridine rings is 1. The minimum absolute atomic E-state index is 0.149. The molecule has 36 heavy (non-hydrogen) atoms. The zero-order valence-corrected chi connectivity index (χ0v) is 20.3. The van der Waals surface area contributed by atoms with E-state index in [-0.39, 0.29) is 17.4 Å². The van der Waals surface area contributed by atoms with Crippen LogP contribution in [-0.2, 0) is 11.3 Å². The van der Waals surface area contributed by atoms with Gasteiger partial charge in [-0.1, -0.05) is 6.92 Å². The third-order valence-electron chi connectivity index (χ3n) is 7.45. The Morgan fingerprint density at radius 2 is 2.00 bits per heavy atom. The monoisotopic (exact) mass is 494 g/mol. The van der Waals surface area contributed by atoms with Crippen LogP contribution in [0.5, 0.6) is 0 Å². The normalized spacial score (nSPS) is 22.0. The second kappa shape index (κ2) is 8.49. The van der Waals surface area contributed by atoms with Gasteiger partial charge in [0.2, 0.25) is 11.9 Å². The molecule has 0 aromatic carbocycles. The predicted molar refractivity (Wildman–Crippen MR) is 132 cm³/mol. The molecule has 1 amide bonds. The van der Waals surface area contributed by atoms with Crippen molar-refractivity contribution >= 4 is 34.1 Å². The van der Waals surface area contributed by atoms with Gasteiger partial charge in [0.25, 0.3) is 6.43 Å². The molecule has 6 rings (SSSR count). The molecule has 4 aromatic rings. The topological polar surface area (TPSA) is 105 Å². The number of hydrogen-bond acceptors (Lipinski definition) is 6. The molecule has 2 fully saturated rings. The standard InChI is InChI=1S/C25H28F2N8O/c1-14-30-19-6-5-18(32-22(19)35(14)13-20(26)27)16-11-28-21-17(16)12-29-24(33-21)31-15-9-25(2,10-15)23(36)34-7-3-4-8-34/h5-6,11-12,15,20H,3-4,7-10,13H2,1-2H3,(H2,28,29,31,33). The Balaban J connectivity index is 1.20. The van der Waals surface area contributed by atoms with Crippen LogP contribution in [0.3, 0.4) is 0 Å². The van der Waals surface area contributed by atoms with E-state index in [2.05, 4.69) is 30.2 Å². The highest BCUT2D eigenvalue weighted by Crippen LogP contribution is 2.44. The first-order valence-corrected chi connectivity index (χ1v) is 12.3. The Kier molecular flexibility index (Phi) is 5.38. The fourth-order valence-electron chi connectivity index (χ4n) is 5.60. The number of nitrogens with one attached hydrogen (secondary N) is 2. The van der Waals surface area contributed by atoms with Crippen LogP contribution in [0.2, 0.25) is 0 Å². The van der Waals surface area contributed by atoms with Crippen molar-refractivity contribution in [1.82, 2.24) is 34.4 Å². The zero-order chi connectivity index (χ0) is 25.0. The Morgan fingerprint density at radius 1 is 1.22 bits per heavy atom. The van der Waals surface area contributed by atoms with Gasteiger partial charge in [-0.25, -0.2) is 23.7 Å². The molecule has 0 radical (unpaired) electrons. The SMILES string of the molecule is Cc1nc2ccc(-c3c[nH]c4nc(NC5CC(C)(C(=O)N6CCCC6)C5)ncc34)nc2n1CC(F)F. The molecule has 1 saturated carbocycles. The number of carbonyl (C=O) groups excluding carboxylic acids is 1.